The summed E-state index contributed by atoms with van der Waals surface area (Å²) >= 11 is 14.5. The van der Waals surface area contributed by atoms with Gasteiger partial charge in [0.25, 0.3) is 0 Å². The summed E-state index contributed by atoms with van der Waals surface area (Å²) in [6.45, 7) is 2.21. The lowest BCUT2D eigenvalue weighted by molar-refractivity contribution is 0.345. The zero-order valence-electron chi connectivity index (χ0n) is 15.5. The summed E-state index contributed by atoms with van der Waals surface area (Å²) < 4.78 is 6.34. The number of halogens is 2. The molecule has 144 valence electrons. The van der Waals surface area contributed by atoms with Crippen molar-refractivity contribution in [3.05, 3.63) is 64.1 Å². The lowest BCUT2D eigenvalue weighted by Gasteiger charge is -2.20. The number of benzene rings is 3. The van der Waals surface area contributed by atoms with Crippen LogP contribution in [0, 0.1) is 0 Å². The summed E-state index contributed by atoms with van der Waals surface area (Å²) in [6.07, 6.45) is 2.07. The van der Waals surface area contributed by atoms with Gasteiger partial charge < -0.3 is 10.1 Å². The molecule has 0 bridgehead atoms. The Morgan fingerprint density at radius 1 is 1.11 bits per heavy atom. The van der Waals surface area contributed by atoms with Crippen LogP contribution in [-0.4, -0.2) is 37.5 Å². The number of hydrogen-bond donors (Lipinski definition) is 1. The van der Waals surface area contributed by atoms with Gasteiger partial charge in [-0.15, -0.1) is 0 Å². The number of nitrogens with one attached hydrogen (secondary N) is 1. The minimum absolute atomic E-state index is 0.603. The maximum Gasteiger partial charge on any atom is 0.138 e. The van der Waals surface area contributed by atoms with Crippen LogP contribution in [-0.2, 0) is 0 Å². The second-order valence-corrected chi connectivity index (χ2v) is 8.30. The Morgan fingerprint density at radius 3 is 2.71 bits per heavy atom. The molecule has 0 aliphatic carbocycles. The Kier molecular flexibility index (Phi) is 6.00. The van der Waals surface area contributed by atoms with Crippen LogP contribution in [0.3, 0.4) is 0 Å². The summed E-state index contributed by atoms with van der Waals surface area (Å²) in [7, 11) is 0. The van der Waals surface area contributed by atoms with Gasteiger partial charge in [0.05, 0.1) is 23.7 Å². The van der Waals surface area contributed by atoms with E-state index in [1.807, 2.05) is 24.3 Å². The molecule has 0 radical (unpaired) electrons. The predicted molar refractivity (Wildman–Crippen MR) is 123 cm³/mol. The highest BCUT2D eigenvalue weighted by atomic mass is 35.5. The fraction of sp³-hybridized carbons (Fsp3) is 0.227. The van der Waals surface area contributed by atoms with Crippen molar-refractivity contribution >= 4 is 51.6 Å². The van der Waals surface area contributed by atoms with Crippen molar-refractivity contribution < 1.29 is 4.74 Å². The highest BCUT2D eigenvalue weighted by Gasteiger charge is 2.22. The topological polar surface area (TPSA) is 33.6 Å². The van der Waals surface area contributed by atoms with Crippen molar-refractivity contribution in [2.75, 3.05) is 31.7 Å². The highest BCUT2D eigenvalue weighted by molar-refractivity contribution is 7.98. The normalized spacial score (nSPS) is 13.5. The Bertz CT molecular complexity index is 1050. The third kappa shape index (κ3) is 3.82. The lowest BCUT2D eigenvalue weighted by Crippen LogP contribution is -2.21. The Balaban J connectivity index is 2.02. The van der Waals surface area contributed by atoms with E-state index in [1.54, 1.807) is 17.8 Å². The van der Waals surface area contributed by atoms with Gasteiger partial charge in [-0.25, -0.2) is 0 Å². The molecule has 28 heavy (non-hydrogen) atoms. The number of thioether (sulfide) groups is 1. The Labute approximate surface area is 179 Å². The molecule has 0 unspecified atom stereocenters. The number of ether oxygens (including phenoxy) is 1. The van der Waals surface area contributed by atoms with Gasteiger partial charge in [0, 0.05) is 28.4 Å². The van der Waals surface area contributed by atoms with E-state index in [-0.39, 0.29) is 0 Å². The Morgan fingerprint density at radius 2 is 1.96 bits per heavy atom. The number of rotatable bonds is 6. The molecule has 1 aliphatic rings. The molecule has 1 aliphatic heterocycles. The first-order chi connectivity index (χ1) is 13.7. The quantitative estimate of drug-likeness (QED) is 0.493. The van der Waals surface area contributed by atoms with E-state index >= 15 is 0 Å². The maximum absolute atomic E-state index is 6.62. The smallest absolute Gasteiger partial charge is 0.138 e. The molecule has 0 saturated carbocycles. The fourth-order valence-electron chi connectivity index (χ4n) is 3.42. The van der Waals surface area contributed by atoms with E-state index in [2.05, 4.69) is 34.8 Å². The van der Waals surface area contributed by atoms with E-state index in [0.717, 1.165) is 57.9 Å². The predicted octanol–water partition coefficient (Wildman–Crippen LogP) is 5.91. The first kappa shape index (κ1) is 19.4. The average molecular weight is 431 g/mol. The second kappa shape index (κ2) is 8.64. The van der Waals surface area contributed by atoms with Gasteiger partial charge in [-0.2, -0.15) is 11.8 Å². The number of fused-ring (bicyclic) bond motifs is 1. The van der Waals surface area contributed by atoms with Gasteiger partial charge in [-0.1, -0.05) is 53.5 Å². The van der Waals surface area contributed by atoms with Gasteiger partial charge in [0.1, 0.15) is 11.6 Å². The third-order valence-corrected chi connectivity index (χ3v) is 5.79. The third-order valence-electron chi connectivity index (χ3n) is 4.67. The number of nitrogens with zero attached hydrogens (tertiary/aromatic N) is 1. The fourth-order valence-corrected chi connectivity index (χ4v) is 4.17. The average Bonchev–Trinajstić information content (AvgIpc) is 3.23. The molecule has 0 spiro atoms. The van der Waals surface area contributed by atoms with Crippen molar-refractivity contribution in [2.24, 2.45) is 4.99 Å². The van der Waals surface area contributed by atoms with Crippen LogP contribution < -0.4 is 10.1 Å². The second-order valence-electron chi connectivity index (χ2n) is 6.47. The zero-order chi connectivity index (χ0) is 19.5. The van der Waals surface area contributed by atoms with Crippen molar-refractivity contribution in [3.63, 3.8) is 0 Å². The van der Waals surface area contributed by atoms with Gasteiger partial charge in [-0.05, 0) is 35.2 Å². The summed E-state index contributed by atoms with van der Waals surface area (Å²) in [4.78, 5) is 4.64. The minimum Gasteiger partial charge on any atom is -0.491 e. The summed E-state index contributed by atoms with van der Waals surface area (Å²) in [5.74, 6) is 2.58. The molecule has 3 nitrogen and oxygen atoms in total. The van der Waals surface area contributed by atoms with Crippen LogP contribution in [0.1, 0.15) is 5.56 Å². The number of hydrogen-bond acceptors (Lipinski definition) is 4. The molecule has 0 aromatic heterocycles. The molecule has 4 rings (SSSR count). The van der Waals surface area contributed by atoms with Crippen LogP contribution in [0.5, 0.6) is 5.75 Å². The van der Waals surface area contributed by atoms with E-state index in [0.29, 0.717) is 16.7 Å². The van der Waals surface area contributed by atoms with E-state index in [4.69, 9.17) is 27.9 Å². The van der Waals surface area contributed by atoms with Crippen molar-refractivity contribution in [1.29, 1.82) is 0 Å². The van der Waals surface area contributed by atoms with Crippen molar-refractivity contribution in [1.82, 2.24) is 5.32 Å². The van der Waals surface area contributed by atoms with Crippen molar-refractivity contribution in [2.45, 2.75) is 0 Å². The minimum atomic E-state index is 0.603. The van der Waals surface area contributed by atoms with Crippen LogP contribution >= 0.6 is 35.0 Å². The van der Waals surface area contributed by atoms with Crippen molar-refractivity contribution in [3.8, 4) is 16.9 Å². The summed E-state index contributed by atoms with van der Waals surface area (Å²) in [5, 5.41) is 6.80. The van der Waals surface area contributed by atoms with Gasteiger partial charge in [0.2, 0.25) is 0 Å². The van der Waals surface area contributed by atoms with E-state index in [9.17, 15) is 0 Å². The lowest BCUT2D eigenvalue weighted by atomic mass is 9.93. The molecular weight excluding hydrogens is 411 g/mol. The molecule has 6 heteroatoms. The van der Waals surface area contributed by atoms with Crippen LogP contribution in [0.25, 0.3) is 21.9 Å². The first-order valence-corrected chi connectivity index (χ1v) is 11.3. The molecule has 1 heterocycles. The summed E-state index contributed by atoms with van der Waals surface area (Å²) in [5.41, 5.74) is 2.85. The molecule has 0 amide bonds. The maximum atomic E-state index is 6.62. The standard InChI is InChI=1S/C22H20Cl2N2OS/c1-28-11-10-27-21-18(22-25-8-9-26-22)12-14-4-2-3-5-16(14)20(21)17-7-6-15(23)13-19(17)24/h2-7,12-13H,8-11H2,1H3,(H,25,26). The molecule has 0 saturated heterocycles. The summed E-state index contributed by atoms with van der Waals surface area (Å²) in [6, 6.07) is 16.0. The first-order valence-electron chi connectivity index (χ1n) is 9.10. The van der Waals surface area contributed by atoms with Crippen LogP contribution in [0.2, 0.25) is 10.0 Å². The van der Waals surface area contributed by atoms with Crippen LogP contribution in [0.15, 0.2) is 53.5 Å². The molecule has 0 fully saturated rings. The molecule has 1 N–H and O–H groups in total. The van der Waals surface area contributed by atoms with E-state index < -0.39 is 0 Å². The molecule has 3 aromatic rings. The molecular formula is C22H20Cl2N2OS. The monoisotopic (exact) mass is 430 g/mol. The SMILES string of the molecule is CSCCOc1c(C2=NCCN2)cc2ccccc2c1-c1ccc(Cl)cc1Cl. The number of amidine groups is 1. The highest BCUT2D eigenvalue weighted by Crippen LogP contribution is 2.43. The Hall–Kier alpha value is -1.88. The largest absolute Gasteiger partial charge is 0.491 e. The van der Waals surface area contributed by atoms with Crippen LogP contribution in [0.4, 0.5) is 0 Å². The zero-order valence-corrected chi connectivity index (χ0v) is 17.8. The van der Waals surface area contributed by atoms with Gasteiger partial charge >= 0.3 is 0 Å². The van der Waals surface area contributed by atoms with Gasteiger partial charge in [-0.3, -0.25) is 4.99 Å². The molecule has 3 aromatic carbocycles. The molecule has 0 atom stereocenters. The number of aliphatic imine (C=N–C) groups is 1. The van der Waals surface area contributed by atoms with Gasteiger partial charge in [0.15, 0.2) is 0 Å². The van der Waals surface area contributed by atoms with E-state index in [1.165, 1.54) is 0 Å².